The molecule has 2 N–H and O–H groups in total. The van der Waals surface area contributed by atoms with Gasteiger partial charge in [0.05, 0.1) is 11.6 Å². The van der Waals surface area contributed by atoms with Gasteiger partial charge in [-0.2, -0.15) is 9.97 Å². The minimum atomic E-state index is -0.646. The Morgan fingerprint density at radius 1 is 1.18 bits per heavy atom. The van der Waals surface area contributed by atoms with Gasteiger partial charge in [0.2, 0.25) is 5.88 Å². The molecule has 0 saturated carbocycles. The van der Waals surface area contributed by atoms with E-state index in [1.54, 1.807) is 18.2 Å². The third-order valence-electron chi connectivity index (χ3n) is 9.04. The zero-order valence-corrected chi connectivity index (χ0v) is 26.5. The monoisotopic (exact) mass is 622 g/mol. The first-order chi connectivity index (χ1) is 21.4. The number of hydrogen-bond donors (Lipinski definition) is 2. The highest BCUT2D eigenvalue weighted by Gasteiger charge is 2.39. The zero-order valence-electron chi connectivity index (χ0n) is 25.8. The number of phenolic OH excluding ortho intramolecular Hbond substituents is 1. The topological polar surface area (TPSA) is 95.9 Å². The number of nitrogens with one attached hydrogen (secondary N) is 1. The van der Waals surface area contributed by atoms with Crippen LogP contribution in [0, 0.1) is 5.82 Å². The van der Waals surface area contributed by atoms with Crippen LogP contribution in [0.15, 0.2) is 30.3 Å². The number of likely N-dealkylation sites (N-methyl/N-ethyl adjacent to an activating group) is 1. The number of nitrogens with zero attached hydrogens (tertiary/aromatic N) is 5. The molecule has 0 bridgehead atoms. The number of ether oxygens (including phenoxy) is 2. The van der Waals surface area contributed by atoms with E-state index < -0.39 is 5.82 Å². The number of hydrogen-bond acceptors (Lipinski definition) is 9. The van der Waals surface area contributed by atoms with Crippen LogP contribution in [0.25, 0.3) is 32.9 Å². The summed E-state index contributed by atoms with van der Waals surface area (Å²) >= 11 is 6.61. The third kappa shape index (κ3) is 5.26. The molecule has 0 aliphatic carbocycles. The van der Waals surface area contributed by atoms with E-state index in [-0.39, 0.29) is 40.4 Å². The van der Waals surface area contributed by atoms with Gasteiger partial charge in [0.25, 0.3) is 0 Å². The number of phenols is 1. The molecule has 2 atom stereocenters. The second kappa shape index (κ2) is 12.5. The third-order valence-corrected chi connectivity index (χ3v) is 9.36. The van der Waals surface area contributed by atoms with Crippen molar-refractivity contribution < 1.29 is 19.0 Å². The highest BCUT2D eigenvalue weighted by molar-refractivity contribution is 6.36. The lowest BCUT2D eigenvalue weighted by atomic mass is 9.92. The number of rotatable bonds is 6. The summed E-state index contributed by atoms with van der Waals surface area (Å²) in [6, 6.07) is 8.53. The van der Waals surface area contributed by atoms with E-state index in [2.05, 4.69) is 34.1 Å². The lowest BCUT2D eigenvalue weighted by molar-refractivity contribution is 0.0828. The molecule has 234 valence electrons. The van der Waals surface area contributed by atoms with Crippen LogP contribution in [0.1, 0.15) is 46.5 Å². The van der Waals surface area contributed by atoms with E-state index in [4.69, 9.17) is 31.0 Å². The van der Waals surface area contributed by atoms with Crippen molar-refractivity contribution in [3.05, 3.63) is 41.2 Å². The standard InChI is InChI=1S/C31H34ClFN6O3.C2H6/c1-3-8-31(9-5-11-38(31)2)17-42-30-36-27-24-28(37-30)39-12-10-34-15-19(39)16-41-29(24)35-26(25(27)33)21-14-20(40)13-18-6-4-7-22(32)23(18)21;1-2/h4,6-7,13-14,19,34,40H,3,5,8-12,15-17H2,1-2H3;1-2H3/t19-,31?;/m0./s1. The van der Waals surface area contributed by atoms with Crippen LogP contribution in [0.2, 0.25) is 5.02 Å². The molecule has 4 aromatic rings. The number of fused-ring (bicyclic) bond motifs is 3. The van der Waals surface area contributed by atoms with Crippen molar-refractivity contribution in [2.45, 2.75) is 58.0 Å². The summed E-state index contributed by atoms with van der Waals surface area (Å²) in [4.78, 5) is 18.7. The van der Waals surface area contributed by atoms with Crippen LogP contribution in [0.3, 0.4) is 0 Å². The highest BCUT2D eigenvalue weighted by Crippen LogP contribution is 2.44. The van der Waals surface area contributed by atoms with Crippen molar-refractivity contribution in [1.82, 2.24) is 25.2 Å². The van der Waals surface area contributed by atoms with Gasteiger partial charge in [-0.05, 0) is 56.4 Å². The predicted molar refractivity (Wildman–Crippen MR) is 173 cm³/mol. The minimum Gasteiger partial charge on any atom is -0.508 e. The molecule has 44 heavy (non-hydrogen) atoms. The first-order valence-corrected chi connectivity index (χ1v) is 16.0. The average Bonchev–Trinajstić information content (AvgIpc) is 3.31. The van der Waals surface area contributed by atoms with Crippen molar-refractivity contribution in [3.8, 4) is 28.9 Å². The summed E-state index contributed by atoms with van der Waals surface area (Å²) in [5, 5.41) is 16.1. The van der Waals surface area contributed by atoms with Crippen LogP contribution in [-0.4, -0.2) is 83.0 Å². The molecular formula is C33H40ClFN6O3. The molecule has 3 aliphatic rings. The normalized spacial score (nSPS) is 21.4. The van der Waals surface area contributed by atoms with Crippen LogP contribution < -0.4 is 19.7 Å². The van der Waals surface area contributed by atoms with Crippen molar-refractivity contribution in [1.29, 1.82) is 0 Å². The molecule has 2 fully saturated rings. The Balaban J connectivity index is 0.00000168. The number of pyridine rings is 1. The second-order valence-corrected chi connectivity index (χ2v) is 12.0. The van der Waals surface area contributed by atoms with E-state index >= 15 is 4.39 Å². The number of aromatic nitrogens is 3. The number of likely N-dealkylation sites (tertiary alicyclic amines) is 1. The van der Waals surface area contributed by atoms with Gasteiger partial charge >= 0.3 is 6.01 Å². The Labute approximate surface area is 262 Å². The zero-order chi connectivity index (χ0) is 31.0. The largest absolute Gasteiger partial charge is 0.508 e. The summed E-state index contributed by atoms with van der Waals surface area (Å²) in [7, 11) is 2.14. The lowest BCUT2D eigenvalue weighted by Crippen LogP contribution is -2.53. The van der Waals surface area contributed by atoms with Crippen molar-refractivity contribution in [2.24, 2.45) is 0 Å². The first-order valence-electron chi connectivity index (χ1n) is 15.7. The van der Waals surface area contributed by atoms with Gasteiger partial charge in [-0.15, -0.1) is 0 Å². The molecule has 1 unspecified atom stereocenters. The molecule has 2 aromatic carbocycles. The van der Waals surface area contributed by atoms with E-state index in [0.29, 0.717) is 58.9 Å². The maximum Gasteiger partial charge on any atom is 0.319 e. The predicted octanol–water partition coefficient (Wildman–Crippen LogP) is 6.18. The second-order valence-electron chi connectivity index (χ2n) is 11.6. The molecule has 2 saturated heterocycles. The van der Waals surface area contributed by atoms with Gasteiger partial charge in [0.1, 0.15) is 41.4 Å². The van der Waals surface area contributed by atoms with E-state index in [1.165, 1.54) is 6.07 Å². The van der Waals surface area contributed by atoms with Crippen molar-refractivity contribution >= 4 is 39.1 Å². The van der Waals surface area contributed by atoms with Crippen LogP contribution in [0.4, 0.5) is 10.2 Å². The molecular weight excluding hydrogens is 583 g/mol. The van der Waals surface area contributed by atoms with Gasteiger partial charge in [0.15, 0.2) is 5.82 Å². The fraction of sp³-hybridized carbons (Fsp3) is 0.485. The summed E-state index contributed by atoms with van der Waals surface area (Å²) in [5.41, 5.74) is 0.322. The maximum absolute atomic E-state index is 16.8. The lowest BCUT2D eigenvalue weighted by Gasteiger charge is -2.36. The van der Waals surface area contributed by atoms with Gasteiger partial charge in [-0.25, -0.2) is 9.37 Å². The van der Waals surface area contributed by atoms with Gasteiger partial charge < -0.3 is 24.8 Å². The van der Waals surface area contributed by atoms with E-state index in [0.717, 1.165) is 38.8 Å². The molecule has 7 rings (SSSR count). The smallest absolute Gasteiger partial charge is 0.319 e. The van der Waals surface area contributed by atoms with Crippen molar-refractivity contribution in [2.75, 3.05) is 51.3 Å². The number of anilines is 1. The van der Waals surface area contributed by atoms with E-state index in [1.807, 2.05) is 19.9 Å². The summed E-state index contributed by atoms with van der Waals surface area (Å²) in [6.07, 6.45) is 4.17. The Morgan fingerprint density at radius 2 is 2.02 bits per heavy atom. The average molecular weight is 623 g/mol. The van der Waals surface area contributed by atoms with Gasteiger partial charge in [-0.1, -0.05) is 50.9 Å². The SMILES string of the molecule is CC.CCCC1(COc2nc3c4c(nc(-c5cc(O)cc6cccc(Cl)c56)c(F)c4n2)OC[C@@H]2CNCCN32)CCCN1C. The first kappa shape index (κ1) is 30.6. The van der Waals surface area contributed by atoms with Crippen molar-refractivity contribution in [3.63, 3.8) is 0 Å². The Kier molecular flexibility index (Phi) is 8.68. The van der Waals surface area contributed by atoms with E-state index in [9.17, 15) is 5.11 Å². The maximum atomic E-state index is 16.8. The fourth-order valence-corrected chi connectivity index (χ4v) is 7.17. The molecule has 2 aromatic heterocycles. The summed E-state index contributed by atoms with van der Waals surface area (Å²) < 4.78 is 29.4. The summed E-state index contributed by atoms with van der Waals surface area (Å²) in [5.74, 6) is 0.145. The molecule has 9 nitrogen and oxygen atoms in total. The Hall–Kier alpha value is -3.47. The molecule has 3 aliphatic heterocycles. The number of benzene rings is 2. The highest BCUT2D eigenvalue weighted by atomic mass is 35.5. The number of halogens is 2. The Bertz CT molecular complexity index is 1690. The van der Waals surface area contributed by atoms with Crippen LogP contribution >= 0.6 is 11.6 Å². The Morgan fingerprint density at radius 3 is 2.80 bits per heavy atom. The number of aromatic hydroxyl groups is 1. The molecule has 0 amide bonds. The molecule has 11 heteroatoms. The molecule has 0 radical (unpaired) electrons. The quantitative estimate of drug-likeness (QED) is 0.261. The van der Waals surface area contributed by atoms with Crippen LogP contribution in [0.5, 0.6) is 17.6 Å². The molecule has 0 spiro atoms. The molecule has 5 heterocycles. The number of piperazine rings is 1. The fourth-order valence-electron chi connectivity index (χ4n) is 6.88. The van der Waals surface area contributed by atoms with Crippen LogP contribution in [-0.2, 0) is 0 Å². The van der Waals surface area contributed by atoms with Gasteiger partial charge in [0, 0.05) is 35.6 Å². The van der Waals surface area contributed by atoms with Gasteiger partial charge in [-0.3, -0.25) is 4.90 Å². The summed E-state index contributed by atoms with van der Waals surface area (Å²) in [6.45, 7) is 10.1. The minimum absolute atomic E-state index is 0.00178.